The first kappa shape index (κ1) is 19.4. The van der Waals surface area contributed by atoms with Crippen LogP contribution in [0.5, 0.6) is 0 Å². The molecule has 1 saturated heterocycles. The van der Waals surface area contributed by atoms with E-state index in [2.05, 4.69) is 9.97 Å². The molecule has 2 fully saturated rings. The number of nitrogen functional groups attached to an aromatic ring is 1. The molecule has 0 amide bonds. The molecule has 2 N–H and O–H groups in total. The SMILES string of the molecule is CC(=O)OC[C@@H]1C[C@@H](OC(C)=O)[C@H](n2c(=O)n(CC3CC3)c3cnc(N)nc32)O1. The number of carbonyl (C=O) groups is 2. The maximum absolute atomic E-state index is 13.3. The molecule has 0 unspecified atom stereocenters. The highest BCUT2D eigenvalue weighted by Gasteiger charge is 2.42. The normalized spacial score (nSPS) is 24.0. The topological polar surface area (TPSA) is 141 Å². The van der Waals surface area contributed by atoms with Crippen LogP contribution >= 0.6 is 0 Å². The van der Waals surface area contributed by atoms with Gasteiger partial charge in [0.15, 0.2) is 11.9 Å². The number of carbonyl (C=O) groups excluding carboxylic acids is 2. The molecule has 2 aromatic rings. The van der Waals surface area contributed by atoms with Crippen LogP contribution in [0.15, 0.2) is 11.0 Å². The van der Waals surface area contributed by atoms with Crippen LogP contribution in [0.1, 0.15) is 39.3 Å². The first-order valence-corrected chi connectivity index (χ1v) is 9.52. The summed E-state index contributed by atoms with van der Waals surface area (Å²) < 4.78 is 19.4. The molecule has 3 atom stereocenters. The van der Waals surface area contributed by atoms with Gasteiger partial charge in [0.1, 0.15) is 18.2 Å². The highest BCUT2D eigenvalue weighted by atomic mass is 16.6. The minimum atomic E-state index is -0.913. The average molecular weight is 405 g/mol. The molecule has 0 spiro atoms. The molecule has 1 aliphatic heterocycles. The first-order chi connectivity index (χ1) is 13.8. The molecule has 156 valence electrons. The van der Waals surface area contributed by atoms with Gasteiger partial charge in [-0.05, 0) is 18.8 Å². The molecule has 0 aromatic carbocycles. The van der Waals surface area contributed by atoms with E-state index in [-0.39, 0.29) is 24.7 Å². The minimum Gasteiger partial charge on any atom is -0.463 e. The van der Waals surface area contributed by atoms with Gasteiger partial charge in [0.2, 0.25) is 5.95 Å². The lowest BCUT2D eigenvalue weighted by Crippen LogP contribution is -2.34. The van der Waals surface area contributed by atoms with Gasteiger partial charge in [-0.3, -0.25) is 14.2 Å². The quantitative estimate of drug-likeness (QED) is 0.675. The summed E-state index contributed by atoms with van der Waals surface area (Å²) >= 11 is 0. The van der Waals surface area contributed by atoms with Crippen molar-refractivity contribution < 1.29 is 23.8 Å². The van der Waals surface area contributed by atoms with E-state index < -0.39 is 30.4 Å². The Morgan fingerprint density at radius 2 is 2.07 bits per heavy atom. The van der Waals surface area contributed by atoms with Crippen LogP contribution in [-0.2, 0) is 30.3 Å². The van der Waals surface area contributed by atoms with Gasteiger partial charge in [-0.1, -0.05) is 0 Å². The number of aromatic nitrogens is 4. The third-order valence-electron chi connectivity index (χ3n) is 5.05. The second-order valence-corrected chi connectivity index (χ2v) is 7.48. The summed E-state index contributed by atoms with van der Waals surface area (Å²) in [5.74, 6) is -0.483. The molecule has 1 aliphatic carbocycles. The van der Waals surface area contributed by atoms with Crippen molar-refractivity contribution in [2.45, 2.75) is 58.1 Å². The van der Waals surface area contributed by atoms with Crippen molar-refractivity contribution in [3.05, 3.63) is 16.7 Å². The van der Waals surface area contributed by atoms with Gasteiger partial charge in [-0.25, -0.2) is 14.3 Å². The Hall–Kier alpha value is -2.95. The second kappa shape index (κ2) is 7.47. The predicted molar refractivity (Wildman–Crippen MR) is 99.6 cm³/mol. The van der Waals surface area contributed by atoms with Gasteiger partial charge in [-0.2, -0.15) is 4.98 Å². The van der Waals surface area contributed by atoms with E-state index in [1.165, 1.54) is 24.6 Å². The van der Waals surface area contributed by atoms with Crippen molar-refractivity contribution in [2.75, 3.05) is 12.3 Å². The van der Waals surface area contributed by atoms with E-state index in [1.54, 1.807) is 4.57 Å². The Bertz CT molecular complexity index is 1010. The number of fused-ring (bicyclic) bond motifs is 1. The average Bonchev–Trinajstić information content (AvgIpc) is 3.33. The smallest absolute Gasteiger partial charge is 0.332 e. The van der Waals surface area contributed by atoms with Crippen LogP contribution < -0.4 is 11.4 Å². The fourth-order valence-corrected chi connectivity index (χ4v) is 3.62. The summed E-state index contributed by atoms with van der Waals surface area (Å²) in [7, 11) is 0. The van der Waals surface area contributed by atoms with E-state index >= 15 is 0 Å². The summed E-state index contributed by atoms with van der Waals surface area (Å²) in [5, 5.41) is 0. The summed E-state index contributed by atoms with van der Waals surface area (Å²) in [6.45, 7) is 3.13. The maximum Gasteiger partial charge on any atom is 0.332 e. The van der Waals surface area contributed by atoms with Crippen molar-refractivity contribution in [3.8, 4) is 0 Å². The molecular weight excluding hydrogens is 382 g/mol. The van der Waals surface area contributed by atoms with E-state index in [4.69, 9.17) is 19.9 Å². The molecule has 1 saturated carbocycles. The van der Waals surface area contributed by atoms with E-state index in [0.717, 1.165) is 12.8 Å². The monoisotopic (exact) mass is 405 g/mol. The molecule has 4 rings (SSSR count). The van der Waals surface area contributed by atoms with Crippen LogP contribution in [0.25, 0.3) is 11.2 Å². The van der Waals surface area contributed by atoms with Gasteiger partial charge < -0.3 is 19.9 Å². The molecule has 29 heavy (non-hydrogen) atoms. The van der Waals surface area contributed by atoms with Crippen LogP contribution in [0.2, 0.25) is 0 Å². The van der Waals surface area contributed by atoms with Crippen molar-refractivity contribution in [1.82, 2.24) is 19.1 Å². The molecule has 0 radical (unpaired) electrons. The summed E-state index contributed by atoms with van der Waals surface area (Å²) in [4.78, 5) is 44.3. The molecule has 11 heteroatoms. The Labute approximate surface area is 165 Å². The van der Waals surface area contributed by atoms with Gasteiger partial charge >= 0.3 is 17.6 Å². The molecular formula is C18H23N5O6. The largest absolute Gasteiger partial charge is 0.463 e. The van der Waals surface area contributed by atoms with Gasteiger partial charge in [-0.15, -0.1) is 0 Å². The maximum atomic E-state index is 13.3. The van der Waals surface area contributed by atoms with E-state index in [0.29, 0.717) is 23.6 Å². The number of hydrogen-bond donors (Lipinski definition) is 1. The molecule has 3 heterocycles. The van der Waals surface area contributed by atoms with Crippen LogP contribution in [0, 0.1) is 5.92 Å². The minimum absolute atomic E-state index is 0.00378. The zero-order chi connectivity index (χ0) is 20.7. The number of esters is 2. The van der Waals surface area contributed by atoms with Crippen LogP contribution in [0.3, 0.4) is 0 Å². The highest BCUT2D eigenvalue weighted by molar-refractivity contribution is 5.72. The number of hydrogen-bond acceptors (Lipinski definition) is 9. The standard InChI is InChI=1S/C18H23N5O6/c1-9(24)27-8-12-5-14(28-10(2)25)16(29-12)23-15-13(6-20-17(19)21-15)22(18(23)26)7-11-3-4-11/h6,11-12,14,16H,3-5,7-8H2,1-2H3,(H2,19,20,21)/t12-,14+,16+/m0/s1. The fraction of sp³-hybridized carbons (Fsp3) is 0.611. The molecule has 2 aromatic heterocycles. The molecule has 2 aliphatic rings. The number of imidazole rings is 1. The summed E-state index contributed by atoms with van der Waals surface area (Å²) in [5.41, 5.74) is 6.29. The van der Waals surface area contributed by atoms with Gasteiger partial charge in [0.05, 0.1) is 12.3 Å². The molecule has 11 nitrogen and oxygen atoms in total. The lowest BCUT2D eigenvalue weighted by molar-refractivity contribution is -0.153. The third kappa shape index (κ3) is 3.95. The lowest BCUT2D eigenvalue weighted by Gasteiger charge is -2.19. The third-order valence-corrected chi connectivity index (χ3v) is 5.05. The Morgan fingerprint density at radius 3 is 2.72 bits per heavy atom. The number of nitrogens with two attached hydrogens (primary N) is 1. The number of anilines is 1. The second-order valence-electron chi connectivity index (χ2n) is 7.48. The zero-order valence-corrected chi connectivity index (χ0v) is 16.2. The number of rotatable bonds is 6. The highest BCUT2D eigenvalue weighted by Crippen LogP contribution is 2.34. The van der Waals surface area contributed by atoms with Crippen molar-refractivity contribution in [3.63, 3.8) is 0 Å². The first-order valence-electron chi connectivity index (χ1n) is 9.52. The Morgan fingerprint density at radius 1 is 1.31 bits per heavy atom. The van der Waals surface area contributed by atoms with E-state index in [9.17, 15) is 14.4 Å². The lowest BCUT2D eigenvalue weighted by atomic mass is 10.2. The zero-order valence-electron chi connectivity index (χ0n) is 16.2. The number of nitrogens with zero attached hydrogens (tertiary/aromatic N) is 4. The van der Waals surface area contributed by atoms with E-state index in [1.807, 2.05) is 0 Å². The predicted octanol–water partition coefficient (Wildman–Crippen LogP) is 0.367. The molecule has 0 bridgehead atoms. The number of ether oxygens (including phenoxy) is 3. The van der Waals surface area contributed by atoms with Crippen molar-refractivity contribution in [2.24, 2.45) is 5.92 Å². The summed E-state index contributed by atoms with van der Waals surface area (Å²) in [6.07, 6.45) is 1.75. The van der Waals surface area contributed by atoms with Crippen LogP contribution in [-0.4, -0.2) is 49.9 Å². The summed E-state index contributed by atoms with van der Waals surface area (Å²) in [6, 6.07) is 0. The van der Waals surface area contributed by atoms with Crippen molar-refractivity contribution in [1.29, 1.82) is 0 Å². The Balaban J connectivity index is 1.75. The Kier molecular flexibility index (Phi) is 4.99. The fourth-order valence-electron chi connectivity index (χ4n) is 3.62. The van der Waals surface area contributed by atoms with Crippen LogP contribution in [0.4, 0.5) is 5.95 Å². The van der Waals surface area contributed by atoms with Gasteiger partial charge in [0.25, 0.3) is 0 Å². The van der Waals surface area contributed by atoms with Gasteiger partial charge in [0, 0.05) is 26.8 Å². The van der Waals surface area contributed by atoms with Crippen molar-refractivity contribution >= 4 is 29.1 Å².